The van der Waals surface area contributed by atoms with Gasteiger partial charge in [-0.2, -0.15) is 0 Å². The molecule has 10 heavy (non-hydrogen) atoms. The van der Waals surface area contributed by atoms with Gasteiger partial charge in [0.1, 0.15) is 0 Å². The zero-order chi connectivity index (χ0) is 7.82. The lowest BCUT2D eigenvalue weighted by Crippen LogP contribution is -2.07. The first kappa shape index (κ1) is 9.92. The van der Waals surface area contributed by atoms with E-state index in [1.807, 2.05) is 6.92 Å². The van der Waals surface area contributed by atoms with E-state index in [2.05, 4.69) is 13.8 Å². The van der Waals surface area contributed by atoms with Crippen LogP contribution in [0.3, 0.4) is 0 Å². The lowest BCUT2D eigenvalue weighted by molar-refractivity contribution is -0.321. The highest BCUT2D eigenvalue weighted by Crippen LogP contribution is 1.97. The summed E-state index contributed by atoms with van der Waals surface area (Å²) in [7, 11) is 0. The monoisotopic (exact) mass is 146 g/mol. The Morgan fingerprint density at radius 2 is 2.00 bits per heavy atom. The fourth-order valence-electron chi connectivity index (χ4n) is 0.436. The largest absolute Gasteiger partial charge is 0.236 e. The van der Waals surface area contributed by atoms with E-state index < -0.39 is 0 Å². The van der Waals surface area contributed by atoms with Gasteiger partial charge in [0.05, 0.1) is 12.7 Å². The van der Waals surface area contributed by atoms with Crippen LogP contribution in [0.15, 0.2) is 0 Å². The van der Waals surface area contributed by atoms with Crippen LogP contribution >= 0.6 is 0 Å². The molecule has 0 N–H and O–H groups in total. The molecule has 0 spiro atoms. The van der Waals surface area contributed by atoms with E-state index in [1.165, 1.54) is 0 Å². The van der Waals surface area contributed by atoms with E-state index in [-0.39, 0.29) is 6.10 Å². The molecule has 2 nitrogen and oxygen atoms in total. The molecule has 0 aliphatic heterocycles. The fourth-order valence-corrected chi connectivity index (χ4v) is 0.436. The molecule has 0 unspecified atom stereocenters. The standard InChI is InChI=1S/C8H18O2/c1-4-6-7-9-10-8(3)5-2/h8H,4-7H2,1-3H3/t8-/m0/s1. The SMILES string of the molecule is CCCCOO[C@@H](C)CC. The minimum atomic E-state index is 0.233. The van der Waals surface area contributed by atoms with Gasteiger partial charge in [0.2, 0.25) is 0 Å². The van der Waals surface area contributed by atoms with Crippen LogP contribution in [0.5, 0.6) is 0 Å². The quantitative estimate of drug-likeness (QED) is 0.325. The van der Waals surface area contributed by atoms with Gasteiger partial charge in [-0.05, 0) is 19.8 Å². The number of rotatable bonds is 6. The third-order valence-corrected chi connectivity index (χ3v) is 1.39. The summed E-state index contributed by atoms with van der Waals surface area (Å²) in [5.74, 6) is 0. The van der Waals surface area contributed by atoms with Gasteiger partial charge >= 0.3 is 0 Å². The average molecular weight is 146 g/mol. The second kappa shape index (κ2) is 7.03. The molecule has 0 saturated heterocycles. The third-order valence-electron chi connectivity index (χ3n) is 1.39. The third kappa shape index (κ3) is 6.05. The van der Waals surface area contributed by atoms with Crippen molar-refractivity contribution in [1.82, 2.24) is 0 Å². The van der Waals surface area contributed by atoms with Gasteiger partial charge in [-0.1, -0.05) is 20.3 Å². The van der Waals surface area contributed by atoms with Crippen LogP contribution in [0.4, 0.5) is 0 Å². The van der Waals surface area contributed by atoms with Crippen molar-refractivity contribution in [3.05, 3.63) is 0 Å². The van der Waals surface area contributed by atoms with Crippen LogP contribution in [0.1, 0.15) is 40.0 Å². The molecule has 0 aromatic carbocycles. The van der Waals surface area contributed by atoms with E-state index in [0.29, 0.717) is 0 Å². The minimum Gasteiger partial charge on any atom is -0.236 e. The molecular formula is C8H18O2. The molecular weight excluding hydrogens is 128 g/mol. The summed E-state index contributed by atoms with van der Waals surface area (Å²) in [6, 6.07) is 0. The molecule has 0 aromatic heterocycles. The first-order chi connectivity index (χ1) is 4.81. The highest BCUT2D eigenvalue weighted by Gasteiger charge is 1.97. The van der Waals surface area contributed by atoms with Gasteiger partial charge in [-0.3, -0.25) is 0 Å². The zero-order valence-corrected chi connectivity index (χ0v) is 7.22. The Balaban J connectivity index is 2.89. The van der Waals surface area contributed by atoms with Crippen molar-refractivity contribution in [2.75, 3.05) is 6.61 Å². The van der Waals surface area contributed by atoms with E-state index in [4.69, 9.17) is 9.78 Å². The first-order valence-corrected chi connectivity index (χ1v) is 4.09. The van der Waals surface area contributed by atoms with Gasteiger partial charge < -0.3 is 0 Å². The predicted molar refractivity (Wildman–Crippen MR) is 41.7 cm³/mol. The van der Waals surface area contributed by atoms with Gasteiger partial charge in [-0.25, -0.2) is 9.78 Å². The Kier molecular flexibility index (Phi) is 6.98. The van der Waals surface area contributed by atoms with E-state index >= 15 is 0 Å². The number of hydrogen-bond acceptors (Lipinski definition) is 2. The van der Waals surface area contributed by atoms with Crippen molar-refractivity contribution >= 4 is 0 Å². The highest BCUT2D eigenvalue weighted by atomic mass is 17.2. The predicted octanol–water partition coefficient (Wildman–Crippen LogP) is 2.53. The molecule has 1 atom stereocenters. The molecule has 0 aliphatic carbocycles. The van der Waals surface area contributed by atoms with Gasteiger partial charge in [0.25, 0.3) is 0 Å². The Morgan fingerprint density at radius 1 is 1.30 bits per heavy atom. The Morgan fingerprint density at radius 3 is 2.50 bits per heavy atom. The lowest BCUT2D eigenvalue weighted by Gasteiger charge is -2.07. The van der Waals surface area contributed by atoms with E-state index in [0.717, 1.165) is 25.9 Å². The summed E-state index contributed by atoms with van der Waals surface area (Å²) < 4.78 is 0. The fraction of sp³-hybridized carbons (Fsp3) is 1.00. The van der Waals surface area contributed by atoms with Crippen LogP contribution in [0.25, 0.3) is 0 Å². The van der Waals surface area contributed by atoms with Crippen LogP contribution in [-0.2, 0) is 9.78 Å². The molecule has 0 radical (unpaired) electrons. The van der Waals surface area contributed by atoms with Crippen LogP contribution in [-0.4, -0.2) is 12.7 Å². The topological polar surface area (TPSA) is 18.5 Å². The maximum absolute atomic E-state index is 4.99. The summed E-state index contributed by atoms with van der Waals surface area (Å²) >= 11 is 0. The van der Waals surface area contributed by atoms with Crippen LogP contribution in [0, 0.1) is 0 Å². The van der Waals surface area contributed by atoms with Crippen molar-refractivity contribution in [2.45, 2.75) is 46.1 Å². The van der Waals surface area contributed by atoms with Gasteiger partial charge in [0, 0.05) is 0 Å². The molecule has 0 rings (SSSR count). The van der Waals surface area contributed by atoms with E-state index in [1.54, 1.807) is 0 Å². The molecule has 0 aromatic rings. The van der Waals surface area contributed by atoms with E-state index in [9.17, 15) is 0 Å². The summed E-state index contributed by atoms with van der Waals surface area (Å²) in [4.78, 5) is 9.92. The summed E-state index contributed by atoms with van der Waals surface area (Å²) in [5.41, 5.74) is 0. The highest BCUT2D eigenvalue weighted by molar-refractivity contribution is 4.38. The molecule has 0 fully saturated rings. The average Bonchev–Trinajstić information content (AvgIpc) is 1.98. The summed E-state index contributed by atoms with van der Waals surface area (Å²) in [5, 5.41) is 0. The smallest absolute Gasteiger partial charge is 0.0899 e. The van der Waals surface area contributed by atoms with Crippen LogP contribution < -0.4 is 0 Å². The Bertz CT molecular complexity index is 64.3. The molecule has 62 valence electrons. The lowest BCUT2D eigenvalue weighted by atomic mass is 10.3. The second-order valence-electron chi connectivity index (χ2n) is 2.49. The summed E-state index contributed by atoms with van der Waals surface area (Å²) in [6.07, 6.45) is 3.48. The number of hydrogen-bond donors (Lipinski definition) is 0. The second-order valence-corrected chi connectivity index (χ2v) is 2.49. The normalized spacial score (nSPS) is 13.5. The molecule has 2 heteroatoms. The molecule has 0 saturated carbocycles. The van der Waals surface area contributed by atoms with Gasteiger partial charge in [0.15, 0.2) is 0 Å². The maximum atomic E-state index is 4.99. The first-order valence-electron chi connectivity index (χ1n) is 4.09. The maximum Gasteiger partial charge on any atom is 0.0899 e. The summed E-state index contributed by atoms with van der Waals surface area (Å²) in [6.45, 7) is 6.94. The minimum absolute atomic E-state index is 0.233. The van der Waals surface area contributed by atoms with Crippen LogP contribution in [0.2, 0.25) is 0 Å². The Labute approximate surface area is 63.5 Å². The van der Waals surface area contributed by atoms with Gasteiger partial charge in [-0.15, -0.1) is 0 Å². The van der Waals surface area contributed by atoms with Crippen molar-refractivity contribution in [3.8, 4) is 0 Å². The van der Waals surface area contributed by atoms with Crippen molar-refractivity contribution in [1.29, 1.82) is 0 Å². The molecule has 0 heterocycles. The van der Waals surface area contributed by atoms with Crippen molar-refractivity contribution in [2.24, 2.45) is 0 Å². The molecule has 0 bridgehead atoms. The Hall–Kier alpha value is -0.0800. The zero-order valence-electron chi connectivity index (χ0n) is 7.22. The number of unbranched alkanes of at least 4 members (excludes halogenated alkanes) is 1. The molecule has 0 amide bonds. The molecule has 0 aliphatic rings. The van der Waals surface area contributed by atoms with Crippen molar-refractivity contribution in [3.63, 3.8) is 0 Å². The van der Waals surface area contributed by atoms with Crippen molar-refractivity contribution < 1.29 is 9.78 Å².